The third-order valence-corrected chi connectivity index (χ3v) is 4.06. The number of benzene rings is 2. The molecule has 0 spiro atoms. The van der Waals surface area contributed by atoms with Crippen molar-refractivity contribution in [2.24, 2.45) is 0 Å². The van der Waals surface area contributed by atoms with Crippen LogP contribution in [0.4, 0.5) is 11.4 Å². The van der Waals surface area contributed by atoms with Gasteiger partial charge in [0.25, 0.3) is 0 Å². The van der Waals surface area contributed by atoms with E-state index in [1.807, 2.05) is 66.9 Å². The molecule has 3 rings (SSSR count). The molecule has 1 amide bonds. The molecule has 5 heteroatoms. The Morgan fingerprint density at radius 3 is 2.61 bits per heavy atom. The zero-order valence-corrected chi connectivity index (χ0v) is 13.6. The minimum atomic E-state index is -0.0829. The Morgan fingerprint density at radius 2 is 1.87 bits per heavy atom. The first-order valence-corrected chi connectivity index (χ1v) is 8.20. The number of nitrogens with one attached hydrogen (secondary N) is 2. The molecule has 1 heterocycles. The second kappa shape index (κ2) is 7.07. The van der Waals surface area contributed by atoms with E-state index in [0.717, 1.165) is 27.6 Å². The van der Waals surface area contributed by atoms with Crippen molar-refractivity contribution in [2.75, 3.05) is 17.2 Å². The normalized spacial score (nSPS) is 10.3. The predicted octanol–water partition coefficient (Wildman–Crippen LogP) is 4.17. The van der Waals surface area contributed by atoms with Crippen LogP contribution < -0.4 is 10.6 Å². The van der Waals surface area contributed by atoms with E-state index in [2.05, 4.69) is 15.6 Å². The van der Waals surface area contributed by atoms with E-state index in [4.69, 9.17) is 0 Å². The lowest BCUT2D eigenvalue weighted by atomic mass is 10.1. The number of nitrogens with zero attached hydrogens (tertiary/aromatic N) is 1. The molecule has 0 fully saturated rings. The quantitative estimate of drug-likeness (QED) is 0.741. The molecule has 2 aromatic carbocycles. The van der Waals surface area contributed by atoms with Gasteiger partial charge in [0.2, 0.25) is 5.91 Å². The van der Waals surface area contributed by atoms with Gasteiger partial charge in [0.15, 0.2) is 0 Å². The van der Waals surface area contributed by atoms with Gasteiger partial charge >= 0.3 is 0 Å². The molecule has 1 aromatic heterocycles. The molecule has 0 unspecified atom stereocenters. The summed E-state index contributed by atoms with van der Waals surface area (Å²) < 4.78 is 0. The number of carbonyl (C=O) groups excluding carboxylic acids is 1. The van der Waals surface area contributed by atoms with E-state index in [-0.39, 0.29) is 12.5 Å². The summed E-state index contributed by atoms with van der Waals surface area (Å²) in [6.07, 6.45) is 0. The van der Waals surface area contributed by atoms with Crippen LogP contribution in [0.1, 0.15) is 5.01 Å². The van der Waals surface area contributed by atoms with Crippen LogP contribution in [0.15, 0.2) is 60.0 Å². The highest BCUT2D eigenvalue weighted by Gasteiger charge is 2.06. The van der Waals surface area contributed by atoms with Gasteiger partial charge in [-0.2, -0.15) is 0 Å². The number of aromatic nitrogens is 1. The average molecular weight is 323 g/mol. The highest BCUT2D eigenvalue weighted by molar-refractivity contribution is 7.09. The Labute approximate surface area is 139 Å². The summed E-state index contributed by atoms with van der Waals surface area (Å²) in [5.74, 6) is -0.0829. The minimum absolute atomic E-state index is 0.0829. The number of thiazole rings is 1. The minimum Gasteiger partial charge on any atom is -0.376 e. The Bertz CT molecular complexity index is 799. The fourth-order valence-corrected chi connectivity index (χ4v) is 2.82. The standard InChI is InChI=1S/C18H17N3OS/c1-13-20-17(12-23-13)14-6-5-9-16(10-14)21-18(22)11-19-15-7-3-2-4-8-15/h2-10,12,19H,11H2,1H3,(H,21,22). The summed E-state index contributed by atoms with van der Waals surface area (Å²) in [6, 6.07) is 17.4. The van der Waals surface area contributed by atoms with Gasteiger partial charge < -0.3 is 10.6 Å². The zero-order chi connectivity index (χ0) is 16.1. The summed E-state index contributed by atoms with van der Waals surface area (Å²) >= 11 is 1.62. The molecule has 0 saturated carbocycles. The van der Waals surface area contributed by atoms with E-state index >= 15 is 0 Å². The molecule has 0 bridgehead atoms. The number of hydrogen-bond acceptors (Lipinski definition) is 4. The van der Waals surface area contributed by atoms with Crippen molar-refractivity contribution < 1.29 is 4.79 Å². The fraction of sp³-hybridized carbons (Fsp3) is 0.111. The van der Waals surface area contributed by atoms with Crippen molar-refractivity contribution in [3.05, 3.63) is 65.0 Å². The van der Waals surface area contributed by atoms with E-state index in [1.54, 1.807) is 11.3 Å². The Hall–Kier alpha value is -2.66. The molecule has 0 radical (unpaired) electrons. The topological polar surface area (TPSA) is 54.0 Å². The number of rotatable bonds is 5. The van der Waals surface area contributed by atoms with Crippen LogP contribution >= 0.6 is 11.3 Å². The molecule has 23 heavy (non-hydrogen) atoms. The molecule has 2 N–H and O–H groups in total. The van der Waals surface area contributed by atoms with E-state index in [9.17, 15) is 4.79 Å². The number of anilines is 2. The molecule has 3 aromatic rings. The summed E-state index contributed by atoms with van der Waals surface area (Å²) in [5.41, 5.74) is 3.64. The Kier molecular flexibility index (Phi) is 4.68. The summed E-state index contributed by atoms with van der Waals surface area (Å²) in [4.78, 5) is 16.5. The van der Waals surface area contributed by atoms with Gasteiger partial charge in [-0.25, -0.2) is 4.98 Å². The molecular formula is C18H17N3OS. The lowest BCUT2D eigenvalue weighted by Gasteiger charge is -2.08. The van der Waals surface area contributed by atoms with Crippen LogP contribution in [-0.4, -0.2) is 17.4 Å². The predicted molar refractivity (Wildman–Crippen MR) is 95.8 cm³/mol. The van der Waals surface area contributed by atoms with Gasteiger partial charge in [0.05, 0.1) is 17.2 Å². The third kappa shape index (κ3) is 4.17. The van der Waals surface area contributed by atoms with Gasteiger partial charge in [0, 0.05) is 22.3 Å². The first kappa shape index (κ1) is 15.2. The van der Waals surface area contributed by atoms with Gasteiger partial charge in [-0.1, -0.05) is 30.3 Å². The number of amides is 1. The highest BCUT2D eigenvalue weighted by atomic mass is 32.1. The summed E-state index contributed by atoms with van der Waals surface area (Å²) in [7, 11) is 0. The average Bonchev–Trinajstić information content (AvgIpc) is 3.01. The third-order valence-electron chi connectivity index (χ3n) is 3.29. The van der Waals surface area contributed by atoms with Crippen molar-refractivity contribution in [2.45, 2.75) is 6.92 Å². The summed E-state index contributed by atoms with van der Waals surface area (Å²) in [6.45, 7) is 2.21. The van der Waals surface area contributed by atoms with Crippen LogP contribution in [0, 0.1) is 6.92 Å². The maximum atomic E-state index is 12.1. The largest absolute Gasteiger partial charge is 0.376 e. The van der Waals surface area contributed by atoms with Crippen molar-refractivity contribution in [1.29, 1.82) is 0 Å². The van der Waals surface area contributed by atoms with Gasteiger partial charge in [-0.15, -0.1) is 11.3 Å². The lowest BCUT2D eigenvalue weighted by molar-refractivity contribution is -0.114. The second-order valence-electron chi connectivity index (χ2n) is 5.10. The molecular weight excluding hydrogens is 306 g/mol. The number of carbonyl (C=O) groups is 1. The molecule has 0 aliphatic carbocycles. The van der Waals surface area contributed by atoms with Gasteiger partial charge in [0.1, 0.15) is 0 Å². The smallest absolute Gasteiger partial charge is 0.243 e. The lowest BCUT2D eigenvalue weighted by Crippen LogP contribution is -2.21. The number of hydrogen-bond donors (Lipinski definition) is 2. The van der Waals surface area contributed by atoms with Crippen molar-refractivity contribution in [3.63, 3.8) is 0 Å². The molecule has 116 valence electrons. The Balaban J connectivity index is 1.62. The SMILES string of the molecule is Cc1nc(-c2cccc(NC(=O)CNc3ccccc3)c2)cs1. The van der Waals surface area contributed by atoms with Crippen LogP contribution in [0.5, 0.6) is 0 Å². The highest BCUT2D eigenvalue weighted by Crippen LogP contribution is 2.24. The first-order valence-electron chi connectivity index (χ1n) is 7.32. The summed E-state index contributed by atoms with van der Waals surface area (Å²) in [5, 5.41) is 9.05. The molecule has 0 atom stereocenters. The van der Waals surface area contributed by atoms with E-state index < -0.39 is 0 Å². The van der Waals surface area contributed by atoms with E-state index in [0.29, 0.717) is 0 Å². The zero-order valence-electron chi connectivity index (χ0n) is 12.7. The van der Waals surface area contributed by atoms with Crippen molar-refractivity contribution in [3.8, 4) is 11.3 Å². The van der Waals surface area contributed by atoms with Crippen LogP contribution in [0.25, 0.3) is 11.3 Å². The van der Waals surface area contributed by atoms with Gasteiger partial charge in [-0.3, -0.25) is 4.79 Å². The van der Waals surface area contributed by atoms with Crippen LogP contribution in [0.3, 0.4) is 0 Å². The van der Waals surface area contributed by atoms with Crippen LogP contribution in [-0.2, 0) is 4.79 Å². The second-order valence-corrected chi connectivity index (χ2v) is 6.16. The molecule has 0 aliphatic heterocycles. The first-order chi connectivity index (χ1) is 11.2. The molecule has 0 saturated heterocycles. The Morgan fingerprint density at radius 1 is 1.09 bits per heavy atom. The maximum absolute atomic E-state index is 12.1. The monoisotopic (exact) mass is 323 g/mol. The van der Waals surface area contributed by atoms with Crippen LogP contribution in [0.2, 0.25) is 0 Å². The number of para-hydroxylation sites is 1. The fourth-order valence-electron chi connectivity index (χ4n) is 2.20. The molecule has 0 aliphatic rings. The van der Waals surface area contributed by atoms with Gasteiger partial charge in [-0.05, 0) is 31.2 Å². The molecule has 4 nitrogen and oxygen atoms in total. The number of aryl methyl sites for hydroxylation is 1. The van der Waals surface area contributed by atoms with Crippen molar-refractivity contribution in [1.82, 2.24) is 4.98 Å². The van der Waals surface area contributed by atoms with Crippen molar-refractivity contribution >= 4 is 28.6 Å². The maximum Gasteiger partial charge on any atom is 0.243 e. The van der Waals surface area contributed by atoms with E-state index in [1.165, 1.54) is 0 Å².